The van der Waals surface area contributed by atoms with E-state index >= 15 is 0 Å². The van der Waals surface area contributed by atoms with E-state index in [1.165, 1.54) is 5.56 Å². The van der Waals surface area contributed by atoms with Gasteiger partial charge in [-0.05, 0) is 47.1 Å². The highest BCUT2D eigenvalue weighted by atomic mass is 16.6. The van der Waals surface area contributed by atoms with E-state index in [2.05, 4.69) is 26.1 Å². The molecule has 2 aromatic carbocycles. The summed E-state index contributed by atoms with van der Waals surface area (Å²) in [6, 6.07) is 13.6. The fourth-order valence-electron chi connectivity index (χ4n) is 2.96. The van der Waals surface area contributed by atoms with Crippen LogP contribution in [0.25, 0.3) is 0 Å². The molecule has 0 aliphatic heterocycles. The van der Waals surface area contributed by atoms with Gasteiger partial charge in [0.05, 0.1) is 0 Å². The van der Waals surface area contributed by atoms with E-state index in [1.54, 1.807) is 0 Å². The van der Waals surface area contributed by atoms with Crippen LogP contribution in [0.4, 0.5) is 5.69 Å². The van der Waals surface area contributed by atoms with Gasteiger partial charge in [0.1, 0.15) is 5.75 Å². The third-order valence-corrected chi connectivity index (χ3v) is 4.70. The van der Waals surface area contributed by atoms with Gasteiger partial charge >= 0.3 is 5.97 Å². The first-order valence-corrected chi connectivity index (χ1v) is 10.0. The molecule has 5 heteroatoms. The zero-order valence-electron chi connectivity index (χ0n) is 18.0. The maximum atomic E-state index is 12.2. The minimum atomic E-state index is -0.584. The Bertz CT molecular complexity index is 813. The summed E-state index contributed by atoms with van der Waals surface area (Å²) in [5.41, 5.74) is 4.17. The SMILES string of the molecule is CCc1cccc(CC)c1NC(=O)COC(=O)COc1ccc(C(C)(C)C)cc1. The van der Waals surface area contributed by atoms with Gasteiger partial charge in [0, 0.05) is 5.69 Å². The second-order valence-electron chi connectivity index (χ2n) is 7.93. The van der Waals surface area contributed by atoms with Gasteiger partial charge in [-0.1, -0.05) is 65.0 Å². The molecular weight excluding hydrogens is 366 g/mol. The van der Waals surface area contributed by atoms with E-state index < -0.39 is 5.97 Å². The van der Waals surface area contributed by atoms with E-state index in [0.29, 0.717) is 5.75 Å². The number of aryl methyl sites for hydroxylation is 2. The topological polar surface area (TPSA) is 64.6 Å². The number of para-hydroxylation sites is 1. The van der Waals surface area contributed by atoms with E-state index in [9.17, 15) is 9.59 Å². The molecule has 5 nitrogen and oxygen atoms in total. The molecule has 1 N–H and O–H groups in total. The molecule has 0 bridgehead atoms. The Balaban J connectivity index is 1.83. The molecule has 0 saturated heterocycles. The number of carbonyl (C=O) groups excluding carboxylic acids is 2. The van der Waals surface area contributed by atoms with Crippen molar-refractivity contribution in [2.75, 3.05) is 18.5 Å². The van der Waals surface area contributed by atoms with Gasteiger partial charge in [0.25, 0.3) is 5.91 Å². The summed E-state index contributed by atoms with van der Waals surface area (Å²) in [5, 5.41) is 2.87. The zero-order chi connectivity index (χ0) is 21.4. The Hall–Kier alpha value is -2.82. The van der Waals surface area contributed by atoms with Crippen molar-refractivity contribution in [3.8, 4) is 5.75 Å². The summed E-state index contributed by atoms with van der Waals surface area (Å²) >= 11 is 0. The molecule has 0 aliphatic rings. The molecule has 0 radical (unpaired) electrons. The smallest absolute Gasteiger partial charge is 0.344 e. The lowest BCUT2D eigenvalue weighted by atomic mass is 9.87. The van der Waals surface area contributed by atoms with Gasteiger partial charge in [-0.2, -0.15) is 0 Å². The first kappa shape index (κ1) is 22.5. The number of nitrogens with one attached hydrogen (secondary N) is 1. The number of ether oxygens (including phenoxy) is 2. The van der Waals surface area contributed by atoms with E-state index in [1.807, 2.05) is 56.3 Å². The van der Waals surface area contributed by atoms with Crippen LogP contribution in [-0.2, 0) is 32.6 Å². The van der Waals surface area contributed by atoms with Crippen molar-refractivity contribution in [1.29, 1.82) is 0 Å². The number of hydrogen-bond acceptors (Lipinski definition) is 4. The number of carbonyl (C=O) groups is 2. The molecule has 156 valence electrons. The highest BCUT2D eigenvalue weighted by molar-refractivity contribution is 5.94. The van der Waals surface area contributed by atoms with Gasteiger partial charge < -0.3 is 14.8 Å². The molecule has 0 aromatic heterocycles. The number of esters is 1. The molecule has 2 aromatic rings. The predicted octanol–water partition coefficient (Wildman–Crippen LogP) is 4.67. The third-order valence-electron chi connectivity index (χ3n) is 4.70. The number of rotatable bonds is 8. The molecule has 0 heterocycles. The minimum Gasteiger partial charge on any atom is -0.482 e. The number of anilines is 1. The van der Waals surface area contributed by atoms with Crippen LogP contribution in [-0.4, -0.2) is 25.1 Å². The molecular formula is C24H31NO4. The quantitative estimate of drug-likeness (QED) is 0.658. The minimum absolute atomic E-state index is 0.0544. The Morgan fingerprint density at radius 1 is 0.897 bits per heavy atom. The molecule has 0 aliphatic carbocycles. The van der Waals surface area contributed by atoms with Crippen LogP contribution in [0.2, 0.25) is 0 Å². The van der Waals surface area contributed by atoms with E-state index in [-0.39, 0.29) is 24.5 Å². The lowest BCUT2D eigenvalue weighted by Gasteiger charge is -2.19. The average molecular weight is 398 g/mol. The largest absolute Gasteiger partial charge is 0.482 e. The number of benzene rings is 2. The monoisotopic (exact) mass is 397 g/mol. The second kappa shape index (κ2) is 10.1. The summed E-state index contributed by atoms with van der Waals surface area (Å²) in [6.45, 7) is 9.89. The van der Waals surface area contributed by atoms with Crippen molar-refractivity contribution in [3.05, 3.63) is 59.2 Å². The first-order chi connectivity index (χ1) is 13.7. The van der Waals surface area contributed by atoms with E-state index in [0.717, 1.165) is 29.7 Å². The second-order valence-corrected chi connectivity index (χ2v) is 7.93. The Morgan fingerprint density at radius 3 is 2.00 bits per heavy atom. The summed E-state index contributed by atoms with van der Waals surface area (Å²) < 4.78 is 10.5. The molecule has 2 rings (SSSR count). The number of amides is 1. The summed E-state index contributed by atoms with van der Waals surface area (Å²) in [6.07, 6.45) is 1.62. The zero-order valence-corrected chi connectivity index (χ0v) is 18.0. The van der Waals surface area contributed by atoms with Crippen LogP contribution in [0.1, 0.15) is 51.3 Å². The molecule has 0 atom stereocenters. The molecule has 1 amide bonds. The maximum Gasteiger partial charge on any atom is 0.344 e. The fraction of sp³-hybridized carbons (Fsp3) is 0.417. The average Bonchev–Trinajstić information content (AvgIpc) is 2.70. The van der Waals surface area contributed by atoms with Crippen molar-refractivity contribution in [2.45, 2.75) is 52.9 Å². The lowest BCUT2D eigenvalue weighted by molar-refractivity contribution is -0.149. The highest BCUT2D eigenvalue weighted by Crippen LogP contribution is 2.24. The first-order valence-electron chi connectivity index (χ1n) is 10.0. The summed E-state index contributed by atoms with van der Waals surface area (Å²) in [4.78, 5) is 24.1. The summed E-state index contributed by atoms with van der Waals surface area (Å²) in [7, 11) is 0. The Morgan fingerprint density at radius 2 is 1.48 bits per heavy atom. The van der Waals surface area contributed by atoms with Crippen molar-refractivity contribution in [2.24, 2.45) is 0 Å². The molecule has 0 unspecified atom stereocenters. The van der Waals surface area contributed by atoms with Crippen LogP contribution in [0.5, 0.6) is 5.75 Å². The normalized spacial score (nSPS) is 11.1. The number of hydrogen-bond donors (Lipinski definition) is 1. The van der Waals surface area contributed by atoms with Gasteiger partial charge in [0.15, 0.2) is 13.2 Å². The van der Waals surface area contributed by atoms with Gasteiger partial charge in [0.2, 0.25) is 0 Å². The molecule has 0 spiro atoms. The molecule has 29 heavy (non-hydrogen) atoms. The van der Waals surface area contributed by atoms with Crippen LogP contribution in [0, 0.1) is 0 Å². The van der Waals surface area contributed by atoms with Crippen molar-refractivity contribution < 1.29 is 19.1 Å². The van der Waals surface area contributed by atoms with Gasteiger partial charge in [-0.15, -0.1) is 0 Å². The molecule has 0 saturated carbocycles. The van der Waals surface area contributed by atoms with E-state index in [4.69, 9.17) is 9.47 Å². The van der Waals surface area contributed by atoms with Crippen LogP contribution >= 0.6 is 0 Å². The maximum absolute atomic E-state index is 12.2. The lowest BCUT2D eigenvalue weighted by Crippen LogP contribution is -2.24. The van der Waals surface area contributed by atoms with Crippen molar-refractivity contribution >= 4 is 17.6 Å². The van der Waals surface area contributed by atoms with Gasteiger partial charge in [-0.25, -0.2) is 4.79 Å². The highest BCUT2D eigenvalue weighted by Gasteiger charge is 2.14. The van der Waals surface area contributed by atoms with Crippen molar-refractivity contribution in [1.82, 2.24) is 0 Å². The predicted molar refractivity (Wildman–Crippen MR) is 115 cm³/mol. The Labute approximate surface area is 173 Å². The fourth-order valence-corrected chi connectivity index (χ4v) is 2.96. The third kappa shape index (κ3) is 6.63. The van der Waals surface area contributed by atoms with Crippen molar-refractivity contribution in [3.63, 3.8) is 0 Å². The van der Waals surface area contributed by atoms with Gasteiger partial charge in [-0.3, -0.25) is 4.79 Å². The van der Waals surface area contributed by atoms with Crippen LogP contribution in [0.15, 0.2) is 42.5 Å². The standard InChI is InChI=1S/C24H31NO4/c1-6-17-9-8-10-18(7-2)23(17)25-21(26)15-29-22(27)16-28-20-13-11-19(12-14-20)24(3,4)5/h8-14H,6-7,15-16H2,1-5H3,(H,25,26). The molecule has 0 fully saturated rings. The Kier molecular flexibility index (Phi) is 7.82. The van der Waals surface area contributed by atoms with Crippen LogP contribution < -0.4 is 10.1 Å². The summed E-state index contributed by atoms with van der Waals surface area (Å²) in [5.74, 6) is -0.355. The van der Waals surface area contributed by atoms with Crippen LogP contribution in [0.3, 0.4) is 0 Å².